The number of thioether (sulfide) groups is 1. The second-order valence-electron chi connectivity index (χ2n) is 4.88. The summed E-state index contributed by atoms with van der Waals surface area (Å²) in [4.78, 5) is 37.0. The van der Waals surface area contributed by atoms with Crippen molar-refractivity contribution < 1.29 is 23.9 Å². The summed E-state index contributed by atoms with van der Waals surface area (Å²) < 4.78 is 11.5. The highest BCUT2D eigenvalue weighted by atomic mass is 79.9. The Hall–Kier alpha value is -1.76. The molecule has 1 aliphatic heterocycles. The van der Waals surface area contributed by atoms with Gasteiger partial charge in [-0.05, 0) is 74.3 Å². The summed E-state index contributed by atoms with van der Waals surface area (Å²) in [6, 6.07) is 3.46. The number of terminal acetylenes is 1. The quantitative estimate of drug-likeness (QED) is 0.334. The van der Waals surface area contributed by atoms with Gasteiger partial charge in [0.1, 0.15) is 18.9 Å². The molecule has 1 saturated heterocycles. The number of imide groups is 1. The van der Waals surface area contributed by atoms with Crippen LogP contribution < -0.4 is 4.74 Å². The molecule has 136 valence electrons. The third kappa shape index (κ3) is 4.90. The minimum atomic E-state index is -0.628. The van der Waals surface area contributed by atoms with Crippen LogP contribution >= 0.6 is 43.6 Å². The second-order valence-corrected chi connectivity index (χ2v) is 7.58. The first-order valence-corrected chi connectivity index (χ1v) is 9.74. The van der Waals surface area contributed by atoms with Gasteiger partial charge in [-0.25, -0.2) is 0 Å². The Morgan fingerprint density at radius 1 is 1.35 bits per heavy atom. The van der Waals surface area contributed by atoms with Gasteiger partial charge in [-0.3, -0.25) is 19.3 Å². The smallest absolute Gasteiger partial charge is 0.326 e. The van der Waals surface area contributed by atoms with Crippen LogP contribution in [0.1, 0.15) is 12.5 Å². The number of ether oxygens (including phenoxy) is 2. The zero-order valence-electron chi connectivity index (χ0n) is 13.6. The minimum Gasteiger partial charge on any atom is -0.479 e. The number of rotatable bonds is 6. The topological polar surface area (TPSA) is 72.9 Å². The van der Waals surface area contributed by atoms with E-state index < -0.39 is 23.7 Å². The lowest BCUT2D eigenvalue weighted by atomic mass is 10.2. The molecule has 1 aromatic carbocycles. The Morgan fingerprint density at radius 2 is 2.00 bits per heavy atom. The van der Waals surface area contributed by atoms with Crippen LogP contribution in [-0.2, 0) is 14.3 Å². The van der Waals surface area contributed by atoms with Crippen molar-refractivity contribution in [3.8, 4) is 18.1 Å². The van der Waals surface area contributed by atoms with Crippen molar-refractivity contribution in [2.24, 2.45) is 0 Å². The molecule has 0 saturated carbocycles. The van der Waals surface area contributed by atoms with Crippen LogP contribution in [0.5, 0.6) is 5.75 Å². The lowest BCUT2D eigenvalue weighted by molar-refractivity contribution is -0.145. The highest BCUT2D eigenvalue weighted by molar-refractivity contribution is 9.11. The third-order valence-corrected chi connectivity index (χ3v) is 5.17. The number of halogens is 2. The van der Waals surface area contributed by atoms with E-state index in [0.29, 0.717) is 20.3 Å². The predicted octanol–water partition coefficient (Wildman–Crippen LogP) is 3.82. The number of nitrogens with zero attached hydrogens (tertiary/aromatic N) is 1. The second kappa shape index (κ2) is 9.26. The summed E-state index contributed by atoms with van der Waals surface area (Å²) in [5.41, 5.74) is 0.665. The Bertz CT molecular complexity index is 808. The van der Waals surface area contributed by atoms with Gasteiger partial charge in [0.15, 0.2) is 0 Å². The minimum absolute atomic E-state index is 0.114. The van der Waals surface area contributed by atoms with E-state index in [0.717, 1.165) is 16.7 Å². The van der Waals surface area contributed by atoms with Gasteiger partial charge in [0, 0.05) is 0 Å². The van der Waals surface area contributed by atoms with Gasteiger partial charge in [0.05, 0.1) is 20.5 Å². The molecule has 1 aromatic rings. The van der Waals surface area contributed by atoms with Crippen molar-refractivity contribution >= 4 is 66.8 Å². The molecular weight excluding hydrogens is 490 g/mol. The standard InChI is InChI=1S/C17H13Br2NO5S/c1-3-5-25-15-11(18)6-10(7-12(15)19)8-13-16(22)20(17(23)26-13)9-14(21)24-4-2/h1,6-8H,4-5,9H2,2H3/b13-8+. The van der Waals surface area contributed by atoms with Gasteiger partial charge in [0.25, 0.3) is 11.1 Å². The van der Waals surface area contributed by atoms with Gasteiger partial charge < -0.3 is 9.47 Å². The van der Waals surface area contributed by atoms with E-state index in [9.17, 15) is 14.4 Å². The summed E-state index contributed by atoms with van der Waals surface area (Å²) >= 11 is 7.54. The Balaban J connectivity index is 2.22. The fourth-order valence-electron chi connectivity index (χ4n) is 2.04. The Labute approximate surface area is 171 Å². The summed E-state index contributed by atoms with van der Waals surface area (Å²) in [5.74, 6) is 1.75. The average molecular weight is 503 g/mol. The van der Waals surface area contributed by atoms with Crippen LogP contribution in [0.3, 0.4) is 0 Å². The van der Waals surface area contributed by atoms with Crippen molar-refractivity contribution in [2.75, 3.05) is 19.8 Å². The molecule has 0 atom stereocenters. The third-order valence-electron chi connectivity index (χ3n) is 3.08. The van der Waals surface area contributed by atoms with E-state index in [1.54, 1.807) is 25.1 Å². The lowest BCUT2D eigenvalue weighted by Crippen LogP contribution is -2.34. The number of benzene rings is 1. The van der Waals surface area contributed by atoms with E-state index in [1.807, 2.05) is 0 Å². The molecule has 2 amide bonds. The van der Waals surface area contributed by atoms with E-state index >= 15 is 0 Å². The molecule has 0 aromatic heterocycles. The molecule has 1 heterocycles. The van der Waals surface area contributed by atoms with E-state index in [4.69, 9.17) is 15.9 Å². The maximum atomic E-state index is 12.4. The van der Waals surface area contributed by atoms with Gasteiger partial charge >= 0.3 is 5.97 Å². The zero-order valence-corrected chi connectivity index (χ0v) is 17.6. The van der Waals surface area contributed by atoms with Gasteiger partial charge in [0.2, 0.25) is 0 Å². The number of carbonyl (C=O) groups is 3. The molecule has 2 rings (SSSR count). The average Bonchev–Trinajstić information content (AvgIpc) is 2.82. The van der Waals surface area contributed by atoms with Crippen LogP contribution in [0.2, 0.25) is 0 Å². The maximum Gasteiger partial charge on any atom is 0.326 e. The highest BCUT2D eigenvalue weighted by Crippen LogP contribution is 2.37. The number of esters is 1. The first-order chi connectivity index (χ1) is 12.4. The maximum absolute atomic E-state index is 12.4. The van der Waals surface area contributed by atoms with Crippen molar-refractivity contribution in [1.82, 2.24) is 4.90 Å². The molecule has 6 nitrogen and oxygen atoms in total. The molecule has 0 N–H and O–H groups in total. The summed E-state index contributed by atoms with van der Waals surface area (Å²) in [7, 11) is 0. The van der Waals surface area contributed by atoms with Crippen molar-refractivity contribution in [2.45, 2.75) is 6.92 Å². The van der Waals surface area contributed by atoms with Crippen molar-refractivity contribution in [1.29, 1.82) is 0 Å². The Kier molecular flexibility index (Phi) is 7.32. The first-order valence-electron chi connectivity index (χ1n) is 7.33. The SMILES string of the molecule is C#CCOc1c(Br)cc(/C=C2/SC(=O)N(CC(=O)OCC)C2=O)cc1Br. The molecule has 26 heavy (non-hydrogen) atoms. The molecule has 0 bridgehead atoms. The molecule has 0 aliphatic carbocycles. The van der Waals surface area contributed by atoms with E-state index in [-0.39, 0.29) is 18.1 Å². The molecule has 1 fully saturated rings. The van der Waals surface area contributed by atoms with E-state index in [2.05, 4.69) is 37.8 Å². The van der Waals surface area contributed by atoms with Crippen LogP contribution in [0.25, 0.3) is 6.08 Å². The van der Waals surface area contributed by atoms with E-state index in [1.165, 1.54) is 0 Å². The molecule has 0 radical (unpaired) electrons. The number of carbonyl (C=O) groups excluding carboxylic acids is 3. The fraction of sp³-hybridized carbons (Fsp3) is 0.235. The highest BCUT2D eigenvalue weighted by Gasteiger charge is 2.36. The monoisotopic (exact) mass is 501 g/mol. The van der Waals surface area contributed by atoms with Crippen LogP contribution in [0.15, 0.2) is 26.0 Å². The number of hydrogen-bond donors (Lipinski definition) is 0. The summed E-state index contributed by atoms with van der Waals surface area (Å²) in [6.45, 7) is 1.55. The zero-order chi connectivity index (χ0) is 19.3. The molecule has 9 heteroatoms. The number of hydrogen-bond acceptors (Lipinski definition) is 6. The number of amides is 2. The molecular formula is C17H13Br2NO5S. The normalized spacial score (nSPS) is 15.3. The van der Waals surface area contributed by atoms with Crippen molar-refractivity contribution in [3.63, 3.8) is 0 Å². The molecule has 0 spiro atoms. The Morgan fingerprint density at radius 3 is 2.58 bits per heavy atom. The lowest BCUT2D eigenvalue weighted by Gasteiger charge is -2.11. The van der Waals surface area contributed by atoms with Gasteiger partial charge in [-0.2, -0.15) is 0 Å². The predicted molar refractivity (Wildman–Crippen MR) is 105 cm³/mol. The van der Waals surface area contributed by atoms with Crippen molar-refractivity contribution in [3.05, 3.63) is 31.5 Å². The van der Waals surface area contributed by atoms with Crippen LogP contribution in [0, 0.1) is 12.3 Å². The summed E-state index contributed by atoms with van der Waals surface area (Å²) in [6.07, 6.45) is 6.75. The van der Waals surface area contributed by atoms with Gasteiger partial charge in [-0.15, -0.1) is 6.42 Å². The van der Waals surface area contributed by atoms with Crippen LogP contribution in [0.4, 0.5) is 4.79 Å². The first kappa shape index (κ1) is 20.6. The summed E-state index contributed by atoms with van der Waals surface area (Å²) in [5, 5.41) is -0.513. The largest absolute Gasteiger partial charge is 0.479 e. The van der Waals surface area contributed by atoms with Crippen LogP contribution in [-0.4, -0.2) is 41.8 Å². The molecule has 0 unspecified atom stereocenters. The fourth-order valence-corrected chi connectivity index (χ4v) is 4.33. The van der Waals surface area contributed by atoms with Gasteiger partial charge in [-0.1, -0.05) is 5.92 Å². The molecule has 1 aliphatic rings.